The number of thiophene rings is 1. The van der Waals surface area contributed by atoms with Crippen LogP contribution >= 0.6 is 11.3 Å². The molecule has 0 spiro atoms. The maximum Gasteiger partial charge on any atom is 0.287 e. The third-order valence-electron chi connectivity index (χ3n) is 2.03. The summed E-state index contributed by atoms with van der Waals surface area (Å²) in [5, 5.41) is 12.4. The fourth-order valence-corrected chi connectivity index (χ4v) is 2.26. The monoisotopic (exact) mass is 211 g/mol. The van der Waals surface area contributed by atoms with Gasteiger partial charge < -0.3 is 0 Å². The molecular formula is C9H6FNO2S. The van der Waals surface area contributed by atoms with Crippen LogP contribution in [0.1, 0.15) is 5.56 Å². The van der Waals surface area contributed by atoms with E-state index in [1.165, 1.54) is 22.8 Å². The minimum absolute atomic E-state index is 0.0242. The third-order valence-corrected chi connectivity index (χ3v) is 2.96. The van der Waals surface area contributed by atoms with E-state index >= 15 is 0 Å². The lowest BCUT2D eigenvalue weighted by Crippen LogP contribution is -1.86. The molecule has 5 heteroatoms. The highest BCUT2D eigenvalue weighted by atomic mass is 32.1. The molecule has 0 atom stereocenters. The number of benzene rings is 1. The molecule has 0 radical (unpaired) electrons. The molecule has 1 aromatic carbocycles. The van der Waals surface area contributed by atoms with Crippen LogP contribution in [-0.4, -0.2) is 4.92 Å². The van der Waals surface area contributed by atoms with E-state index in [1.807, 2.05) is 0 Å². The summed E-state index contributed by atoms with van der Waals surface area (Å²) in [5.41, 5.74) is 0.484. The number of fused-ring (bicyclic) bond motifs is 1. The third kappa shape index (κ3) is 1.26. The van der Waals surface area contributed by atoms with Crippen LogP contribution in [0.15, 0.2) is 17.5 Å². The van der Waals surface area contributed by atoms with Crippen LogP contribution in [0.25, 0.3) is 10.1 Å². The Hall–Kier alpha value is -1.49. The number of aryl methyl sites for hydroxylation is 1. The zero-order valence-electron chi connectivity index (χ0n) is 7.28. The summed E-state index contributed by atoms with van der Waals surface area (Å²) >= 11 is 1.26. The van der Waals surface area contributed by atoms with Gasteiger partial charge in [0.25, 0.3) is 5.69 Å². The van der Waals surface area contributed by atoms with Gasteiger partial charge in [-0.25, -0.2) is 4.39 Å². The first kappa shape index (κ1) is 9.08. The molecule has 0 bridgehead atoms. The van der Waals surface area contributed by atoms with E-state index in [0.29, 0.717) is 10.9 Å². The average Bonchev–Trinajstić information content (AvgIpc) is 2.48. The van der Waals surface area contributed by atoms with Crippen LogP contribution in [0.3, 0.4) is 0 Å². The minimum atomic E-state index is -0.492. The van der Waals surface area contributed by atoms with Crippen LogP contribution in [0.5, 0.6) is 0 Å². The van der Waals surface area contributed by atoms with Crippen molar-refractivity contribution in [3.8, 4) is 0 Å². The van der Waals surface area contributed by atoms with Crippen molar-refractivity contribution >= 4 is 27.1 Å². The van der Waals surface area contributed by atoms with Crippen molar-refractivity contribution < 1.29 is 9.31 Å². The maximum absolute atomic E-state index is 13.2. The Balaban J connectivity index is 2.80. The SMILES string of the molecule is Cc1cc2scc([N+](=O)[O-])c2cc1F. The summed E-state index contributed by atoms with van der Waals surface area (Å²) in [6, 6.07) is 2.85. The molecule has 1 aromatic heterocycles. The zero-order chi connectivity index (χ0) is 10.3. The van der Waals surface area contributed by atoms with Gasteiger partial charge in [-0.1, -0.05) is 0 Å². The molecule has 0 unspecified atom stereocenters. The van der Waals surface area contributed by atoms with E-state index < -0.39 is 10.7 Å². The Morgan fingerprint density at radius 1 is 1.50 bits per heavy atom. The van der Waals surface area contributed by atoms with E-state index in [4.69, 9.17) is 0 Å². The van der Waals surface area contributed by atoms with Crippen molar-refractivity contribution in [3.63, 3.8) is 0 Å². The summed E-state index contributed by atoms with van der Waals surface area (Å²) in [6.07, 6.45) is 0. The Kier molecular flexibility index (Phi) is 1.96. The van der Waals surface area contributed by atoms with E-state index in [1.54, 1.807) is 13.0 Å². The normalized spacial score (nSPS) is 10.7. The molecular weight excluding hydrogens is 205 g/mol. The highest BCUT2D eigenvalue weighted by Gasteiger charge is 2.15. The molecule has 3 nitrogen and oxygen atoms in total. The molecule has 0 aliphatic rings. The van der Waals surface area contributed by atoms with Gasteiger partial charge >= 0.3 is 0 Å². The van der Waals surface area contributed by atoms with Gasteiger partial charge in [0.05, 0.1) is 15.7 Å². The molecule has 2 rings (SSSR count). The second-order valence-electron chi connectivity index (χ2n) is 2.98. The fraction of sp³-hybridized carbons (Fsp3) is 0.111. The number of nitro groups is 1. The van der Waals surface area contributed by atoms with Gasteiger partial charge in [0.1, 0.15) is 5.82 Å². The molecule has 0 fully saturated rings. The highest BCUT2D eigenvalue weighted by Crippen LogP contribution is 2.33. The molecule has 0 N–H and O–H groups in total. The summed E-state index contributed by atoms with van der Waals surface area (Å²) in [6.45, 7) is 1.64. The van der Waals surface area contributed by atoms with E-state index in [9.17, 15) is 14.5 Å². The van der Waals surface area contributed by atoms with Gasteiger partial charge in [0.15, 0.2) is 0 Å². The molecule has 0 saturated heterocycles. The Morgan fingerprint density at radius 3 is 2.86 bits per heavy atom. The molecule has 14 heavy (non-hydrogen) atoms. The van der Waals surface area contributed by atoms with Gasteiger partial charge in [-0.3, -0.25) is 10.1 Å². The fourth-order valence-electron chi connectivity index (χ4n) is 1.28. The van der Waals surface area contributed by atoms with Crippen molar-refractivity contribution in [1.29, 1.82) is 0 Å². The van der Waals surface area contributed by atoms with Crippen molar-refractivity contribution in [2.24, 2.45) is 0 Å². The Labute approximate surface area is 82.9 Å². The van der Waals surface area contributed by atoms with E-state index in [2.05, 4.69) is 0 Å². The van der Waals surface area contributed by atoms with E-state index in [-0.39, 0.29) is 5.69 Å². The zero-order valence-corrected chi connectivity index (χ0v) is 8.10. The first-order valence-corrected chi connectivity index (χ1v) is 4.79. The standard InChI is InChI=1S/C9H6FNO2S/c1-5-2-9-6(3-7(5)10)8(4-14-9)11(12)13/h2-4H,1H3. The molecule has 1 heterocycles. The second-order valence-corrected chi connectivity index (χ2v) is 3.89. The topological polar surface area (TPSA) is 43.1 Å². The average molecular weight is 211 g/mol. The molecule has 0 saturated carbocycles. The Bertz CT molecular complexity index is 521. The van der Waals surface area contributed by atoms with Crippen LogP contribution < -0.4 is 0 Å². The van der Waals surface area contributed by atoms with Crippen LogP contribution in [0.2, 0.25) is 0 Å². The molecule has 0 amide bonds. The van der Waals surface area contributed by atoms with Gasteiger partial charge in [-0.2, -0.15) is 0 Å². The smallest absolute Gasteiger partial charge is 0.258 e. The lowest BCUT2D eigenvalue weighted by molar-refractivity contribution is -0.382. The van der Waals surface area contributed by atoms with Gasteiger partial charge in [0, 0.05) is 4.70 Å². The van der Waals surface area contributed by atoms with Crippen LogP contribution in [0.4, 0.5) is 10.1 Å². The van der Waals surface area contributed by atoms with Gasteiger partial charge in [-0.05, 0) is 24.6 Å². The maximum atomic E-state index is 13.2. The largest absolute Gasteiger partial charge is 0.287 e. The summed E-state index contributed by atoms with van der Waals surface area (Å²) in [7, 11) is 0. The molecule has 2 aromatic rings. The number of nitrogens with zero attached hydrogens (tertiary/aromatic N) is 1. The number of rotatable bonds is 1. The van der Waals surface area contributed by atoms with Crippen LogP contribution in [-0.2, 0) is 0 Å². The van der Waals surface area contributed by atoms with Crippen LogP contribution in [0, 0.1) is 22.9 Å². The quantitative estimate of drug-likeness (QED) is 0.536. The lowest BCUT2D eigenvalue weighted by atomic mass is 10.2. The number of halogens is 1. The minimum Gasteiger partial charge on any atom is -0.258 e. The summed E-state index contributed by atoms with van der Waals surface area (Å²) in [5.74, 6) is -0.404. The van der Waals surface area contributed by atoms with Crippen molar-refractivity contribution in [2.45, 2.75) is 6.92 Å². The number of hydrogen-bond donors (Lipinski definition) is 0. The molecule has 0 aliphatic heterocycles. The Morgan fingerprint density at radius 2 is 2.21 bits per heavy atom. The summed E-state index contributed by atoms with van der Waals surface area (Å²) < 4.78 is 13.9. The van der Waals surface area contributed by atoms with Crippen molar-refractivity contribution in [3.05, 3.63) is 39.0 Å². The molecule has 72 valence electrons. The molecule has 0 aliphatic carbocycles. The summed E-state index contributed by atoms with van der Waals surface area (Å²) in [4.78, 5) is 10.1. The van der Waals surface area contributed by atoms with Gasteiger partial charge in [-0.15, -0.1) is 11.3 Å². The highest BCUT2D eigenvalue weighted by molar-refractivity contribution is 7.17. The lowest BCUT2D eigenvalue weighted by Gasteiger charge is -1.95. The first-order valence-electron chi connectivity index (χ1n) is 3.91. The van der Waals surface area contributed by atoms with Crippen molar-refractivity contribution in [1.82, 2.24) is 0 Å². The van der Waals surface area contributed by atoms with Gasteiger partial charge in [0.2, 0.25) is 0 Å². The predicted octanol–water partition coefficient (Wildman–Crippen LogP) is 3.26. The predicted molar refractivity (Wildman–Crippen MR) is 53.2 cm³/mol. The first-order chi connectivity index (χ1) is 6.59. The number of hydrogen-bond acceptors (Lipinski definition) is 3. The van der Waals surface area contributed by atoms with Crippen molar-refractivity contribution in [2.75, 3.05) is 0 Å². The van der Waals surface area contributed by atoms with E-state index in [0.717, 1.165) is 4.70 Å². The second kappa shape index (κ2) is 3.02.